The summed E-state index contributed by atoms with van der Waals surface area (Å²) in [6.45, 7) is 2.44. The Morgan fingerprint density at radius 3 is 2.10 bits per heavy atom. The molecule has 1 saturated carbocycles. The zero-order chi connectivity index (χ0) is 28.0. The predicted molar refractivity (Wildman–Crippen MR) is 140 cm³/mol. The Bertz CT molecular complexity index is 1150. The third kappa shape index (κ3) is 7.86. The molecule has 0 aromatic heterocycles. The number of alkyl halides is 3. The quantitative estimate of drug-likeness (QED) is 0.373. The lowest BCUT2D eigenvalue weighted by molar-refractivity contribution is -0.189. The fourth-order valence-corrected chi connectivity index (χ4v) is 5.07. The molecule has 2 aromatic carbocycles. The molecule has 8 nitrogen and oxygen atoms in total. The van der Waals surface area contributed by atoms with E-state index in [1.165, 1.54) is 31.4 Å². The fraction of sp³-hybridized carbons (Fsp3) is 0.444. The first kappa shape index (κ1) is 28.7. The van der Waals surface area contributed by atoms with E-state index in [4.69, 9.17) is 11.6 Å². The zero-order valence-corrected chi connectivity index (χ0v) is 21.9. The van der Waals surface area contributed by atoms with Crippen LogP contribution in [0, 0.1) is 0 Å². The van der Waals surface area contributed by atoms with Gasteiger partial charge in [-0.25, -0.2) is 9.59 Å². The molecule has 0 bridgehead atoms. The van der Waals surface area contributed by atoms with Crippen LogP contribution in [0.2, 0.25) is 5.02 Å². The van der Waals surface area contributed by atoms with E-state index >= 15 is 0 Å². The predicted octanol–water partition coefficient (Wildman–Crippen LogP) is 5.15. The van der Waals surface area contributed by atoms with Crippen molar-refractivity contribution in [2.45, 2.75) is 50.4 Å². The number of amides is 3. The van der Waals surface area contributed by atoms with E-state index in [-0.39, 0.29) is 11.7 Å². The molecular formula is C27H30ClF3N4O4. The number of carbonyl (C=O) groups excluding carboxylic acids is 3. The zero-order valence-electron chi connectivity index (χ0n) is 21.2. The third-order valence-corrected chi connectivity index (χ3v) is 7.25. The highest BCUT2D eigenvalue weighted by Crippen LogP contribution is 2.26. The summed E-state index contributed by atoms with van der Waals surface area (Å²) in [6, 6.07) is 10.2. The van der Waals surface area contributed by atoms with Gasteiger partial charge in [0, 0.05) is 42.9 Å². The van der Waals surface area contributed by atoms with Gasteiger partial charge in [-0.2, -0.15) is 13.2 Å². The summed E-state index contributed by atoms with van der Waals surface area (Å²) >= 11 is 5.89. The Hall–Kier alpha value is -3.31. The van der Waals surface area contributed by atoms with Crippen molar-refractivity contribution in [3.63, 3.8) is 0 Å². The Labute approximate surface area is 229 Å². The topological polar surface area (TPSA) is 91.0 Å². The lowest BCUT2D eigenvalue weighted by Crippen LogP contribution is -2.54. The molecule has 2 aliphatic rings. The number of piperazine rings is 1. The second-order valence-corrected chi connectivity index (χ2v) is 10.1. The first-order valence-electron chi connectivity index (χ1n) is 12.8. The molecule has 2 aromatic rings. The van der Waals surface area contributed by atoms with Crippen molar-refractivity contribution in [2.75, 3.05) is 31.5 Å². The van der Waals surface area contributed by atoms with Crippen molar-refractivity contribution in [1.82, 2.24) is 15.1 Å². The van der Waals surface area contributed by atoms with Crippen LogP contribution < -0.4 is 15.4 Å². The number of nitrogens with one attached hydrogen (secondary N) is 2. The van der Waals surface area contributed by atoms with Crippen LogP contribution in [0.4, 0.5) is 23.7 Å². The van der Waals surface area contributed by atoms with Gasteiger partial charge in [0.05, 0.1) is 0 Å². The number of ether oxygens (including phenoxy) is 1. The molecular weight excluding hydrogens is 537 g/mol. The van der Waals surface area contributed by atoms with Crippen molar-refractivity contribution in [1.29, 1.82) is 0 Å². The van der Waals surface area contributed by atoms with E-state index in [0.29, 0.717) is 35.4 Å². The molecule has 0 radical (unpaired) electrons. The molecule has 0 spiro atoms. The maximum atomic E-state index is 13.6. The van der Waals surface area contributed by atoms with Crippen molar-refractivity contribution in [3.8, 4) is 5.75 Å². The van der Waals surface area contributed by atoms with Crippen molar-refractivity contribution in [3.05, 3.63) is 59.1 Å². The summed E-state index contributed by atoms with van der Waals surface area (Å²) in [5.74, 6) is -3.03. The van der Waals surface area contributed by atoms with Crippen LogP contribution in [0.25, 0.3) is 0 Å². The van der Waals surface area contributed by atoms with Crippen LogP contribution in [-0.2, 0) is 9.59 Å². The largest absolute Gasteiger partial charge is 0.491 e. The minimum Gasteiger partial charge on any atom is -0.420 e. The van der Waals surface area contributed by atoms with E-state index in [2.05, 4.69) is 20.3 Å². The Morgan fingerprint density at radius 1 is 0.897 bits per heavy atom. The number of hydrogen-bond acceptors (Lipinski definition) is 5. The first-order chi connectivity index (χ1) is 18.6. The van der Waals surface area contributed by atoms with E-state index in [0.717, 1.165) is 38.1 Å². The summed E-state index contributed by atoms with van der Waals surface area (Å²) in [5, 5.41) is 5.82. The number of carbonyl (C=O) groups is 3. The summed E-state index contributed by atoms with van der Waals surface area (Å²) in [5.41, 5.74) is 0.784. The second kappa shape index (κ2) is 12.7. The molecule has 1 aliphatic carbocycles. The number of esters is 1. The molecule has 1 unspecified atom stereocenters. The Morgan fingerprint density at radius 2 is 1.51 bits per heavy atom. The van der Waals surface area contributed by atoms with Gasteiger partial charge in [-0.05, 0) is 54.8 Å². The Balaban J connectivity index is 1.47. The number of nitrogens with zero attached hydrogens (tertiary/aromatic N) is 2. The smallest absolute Gasteiger partial charge is 0.420 e. The van der Waals surface area contributed by atoms with Gasteiger partial charge < -0.3 is 20.3 Å². The number of rotatable bonds is 6. The molecule has 1 heterocycles. The summed E-state index contributed by atoms with van der Waals surface area (Å²) in [6.07, 6.45) is 0.870. The lowest BCUT2D eigenvalue weighted by Gasteiger charge is -2.41. The SMILES string of the molecule is O=C(Nc1ccc(Cl)cc1)NC(C(=O)N1CCN(C2CCCCC2)CC1)c1ccc(OC(=O)C(F)(F)F)cc1. The van der Waals surface area contributed by atoms with Gasteiger partial charge in [0.2, 0.25) is 5.91 Å². The summed E-state index contributed by atoms with van der Waals surface area (Å²) in [7, 11) is 0. The van der Waals surface area contributed by atoms with Gasteiger partial charge in [-0.15, -0.1) is 0 Å². The minimum absolute atomic E-state index is 0.327. The molecule has 210 valence electrons. The number of halogens is 4. The van der Waals surface area contributed by atoms with E-state index in [1.54, 1.807) is 29.2 Å². The lowest BCUT2D eigenvalue weighted by atomic mass is 9.93. The number of anilines is 1. The van der Waals surface area contributed by atoms with Crippen molar-refractivity contribution in [2.24, 2.45) is 0 Å². The number of benzene rings is 2. The molecule has 1 aliphatic heterocycles. The molecule has 1 saturated heterocycles. The first-order valence-corrected chi connectivity index (χ1v) is 13.2. The maximum absolute atomic E-state index is 13.6. The average Bonchev–Trinajstić information content (AvgIpc) is 2.93. The molecule has 2 fully saturated rings. The van der Waals surface area contributed by atoms with Crippen LogP contribution in [0.5, 0.6) is 5.75 Å². The average molecular weight is 567 g/mol. The molecule has 1 atom stereocenters. The van der Waals surface area contributed by atoms with Crippen LogP contribution in [0.15, 0.2) is 48.5 Å². The summed E-state index contributed by atoms with van der Waals surface area (Å²) < 4.78 is 42.0. The van der Waals surface area contributed by atoms with E-state index in [9.17, 15) is 27.6 Å². The van der Waals surface area contributed by atoms with Gasteiger partial charge in [0.25, 0.3) is 0 Å². The van der Waals surface area contributed by atoms with Gasteiger partial charge in [0.1, 0.15) is 11.8 Å². The van der Waals surface area contributed by atoms with Gasteiger partial charge in [-0.3, -0.25) is 9.69 Å². The maximum Gasteiger partial charge on any atom is 0.491 e. The second-order valence-electron chi connectivity index (χ2n) is 9.65. The van der Waals surface area contributed by atoms with Crippen LogP contribution in [0.1, 0.15) is 43.7 Å². The van der Waals surface area contributed by atoms with Crippen LogP contribution in [-0.4, -0.2) is 66.1 Å². The normalized spacial score (nSPS) is 17.8. The van der Waals surface area contributed by atoms with Crippen LogP contribution in [0.3, 0.4) is 0 Å². The van der Waals surface area contributed by atoms with Crippen molar-refractivity contribution >= 4 is 35.2 Å². The molecule has 3 amide bonds. The highest BCUT2D eigenvalue weighted by molar-refractivity contribution is 6.30. The Kier molecular flexibility index (Phi) is 9.34. The fourth-order valence-electron chi connectivity index (χ4n) is 4.95. The molecule has 39 heavy (non-hydrogen) atoms. The number of urea groups is 1. The summed E-state index contributed by atoms with van der Waals surface area (Å²) in [4.78, 5) is 41.7. The molecule has 2 N–H and O–H groups in total. The van der Waals surface area contributed by atoms with Crippen molar-refractivity contribution < 1.29 is 32.3 Å². The monoisotopic (exact) mass is 566 g/mol. The molecule has 12 heteroatoms. The van der Waals surface area contributed by atoms with Gasteiger partial charge in [0.15, 0.2) is 0 Å². The van der Waals surface area contributed by atoms with Crippen LogP contribution >= 0.6 is 11.6 Å². The highest BCUT2D eigenvalue weighted by atomic mass is 35.5. The number of hydrogen-bond donors (Lipinski definition) is 2. The van der Waals surface area contributed by atoms with Gasteiger partial charge >= 0.3 is 18.2 Å². The highest BCUT2D eigenvalue weighted by Gasteiger charge is 2.41. The van der Waals surface area contributed by atoms with E-state index in [1.807, 2.05) is 0 Å². The third-order valence-electron chi connectivity index (χ3n) is 7.00. The van der Waals surface area contributed by atoms with E-state index < -0.39 is 24.2 Å². The van der Waals surface area contributed by atoms with Gasteiger partial charge in [-0.1, -0.05) is 43.0 Å². The standard InChI is InChI=1S/C27H30ClF3N4O4/c28-19-8-10-20(11-9-19)32-26(38)33-23(18-6-12-22(13-7-18)39-25(37)27(29,30)31)24(36)35-16-14-34(15-17-35)21-4-2-1-3-5-21/h6-13,21,23H,1-5,14-17H2,(H2,32,33,38). The minimum atomic E-state index is -5.14. The molecule has 4 rings (SSSR count).